The van der Waals surface area contributed by atoms with Crippen LogP contribution in [-0.2, 0) is 14.8 Å². The number of hydrogen-bond donors (Lipinski definition) is 2. The van der Waals surface area contributed by atoms with Gasteiger partial charge in [0, 0.05) is 11.3 Å². The first-order valence-electron chi connectivity index (χ1n) is 10.0. The van der Waals surface area contributed by atoms with Crippen molar-refractivity contribution >= 4 is 21.6 Å². The molecule has 1 amide bonds. The molecule has 0 aliphatic carbocycles. The molecular weight excluding hydrogens is 428 g/mol. The highest BCUT2D eigenvalue weighted by molar-refractivity contribution is 7.92. The van der Waals surface area contributed by atoms with E-state index in [0.29, 0.717) is 17.2 Å². The Bertz CT molecular complexity index is 1160. The molecule has 1 atom stereocenters. The lowest BCUT2D eigenvalue weighted by atomic mass is 10.1. The minimum atomic E-state index is -3.72. The number of hydrogen-bond acceptors (Lipinski definition) is 5. The average molecular weight is 455 g/mol. The van der Waals surface area contributed by atoms with Crippen LogP contribution in [0.25, 0.3) is 0 Å². The molecule has 0 spiro atoms. The summed E-state index contributed by atoms with van der Waals surface area (Å²) in [5.41, 5.74) is 2.38. The second-order valence-corrected chi connectivity index (χ2v) is 8.95. The highest BCUT2D eigenvalue weighted by atomic mass is 32.2. The zero-order chi connectivity index (χ0) is 23.1. The molecule has 3 rings (SSSR count). The van der Waals surface area contributed by atoms with Gasteiger partial charge in [-0.25, -0.2) is 8.42 Å². The summed E-state index contributed by atoms with van der Waals surface area (Å²) in [6, 6.07) is 20.1. The minimum absolute atomic E-state index is 0.0969. The van der Waals surface area contributed by atoms with E-state index in [1.54, 1.807) is 19.2 Å². The monoisotopic (exact) mass is 454 g/mol. The van der Waals surface area contributed by atoms with Crippen molar-refractivity contribution in [3.05, 3.63) is 83.9 Å². The fourth-order valence-electron chi connectivity index (χ4n) is 3.08. The summed E-state index contributed by atoms with van der Waals surface area (Å²) in [7, 11) is -2.14. The average Bonchev–Trinajstić information content (AvgIpc) is 2.79. The first kappa shape index (κ1) is 23.1. The van der Waals surface area contributed by atoms with E-state index in [-0.39, 0.29) is 23.5 Å². The van der Waals surface area contributed by atoms with Crippen molar-refractivity contribution in [3.63, 3.8) is 0 Å². The summed E-state index contributed by atoms with van der Waals surface area (Å²) in [5.74, 6) is 0.776. The number of ether oxygens (including phenoxy) is 2. The number of methoxy groups -OCH3 is 1. The molecule has 2 N–H and O–H groups in total. The number of para-hydroxylation sites is 1. The maximum Gasteiger partial charge on any atom is 0.261 e. The van der Waals surface area contributed by atoms with Crippen molar-refractivity contribution in [1.82, 2.24) is 5.32 Å². The van der Waals surface area contributed by atoms with Crippen LogP contribution in [0.4, 0.5) is 5.69 Å². The van der Waals surface area contributed by atoms with Gasteiger partial charge in [0.15, 0.2) is 6.61 Å². The number of carbonyl (C=O) groups excluding carboxylic acids is 1. The van der Waals surface area contributed by atoms with Gasteiger partial charge in [0.1, 0.15) is 11.5 Å². The molecule has 3 aromatic rings. The van der Waals surface area contributed by atoms with E-state index in [2.05, 4.69) is 10.0 Å². The Morgan fingerprint density at radius 1 is 0.969 bits per heavy atom. The van der Waals surface area contributed by atoms with E-state index >= 15 is 0 Å². The first-order chi connectivity index (χ1) is 15.3. The first-order valence-corrected chi connectivity index (χ1v) is 11.5. The molecular formula is C24H26N2O5S. The Morgan fingerprint density at radius 3 is 2.28 bits per heavy atom. The second kappa shape index (κ2) is 10.2. The maximum atomic E-state index is 12.5. The summed E-state index contributed by atoms with van der Waals surface area (Å²) in [4.78, 5) is 12.4. The zero-order valence-electron chi connectivity index (χ0n) is 18.2. The van der Waals surface area contributed by atoms with E-state index in [1.807, 2.05) is 50.2 Å². The third kappa shape index (κ3) is 6.01. The van der Waals surface area contributed by atoms with Crippen LogP contribution in [0.15, 0.2) is 77.7 Å². The van der Waals surface area contributed by atoms with Gasteiger partial charge in [-0.05, 0) is 56.3 Å². The third-order valence-electron chi connectivity index (χ3n) is 4.79. The van der Waals surface area contributed by atoms with Crippen molar-refractivity contribution in [2.75, 3.05) is 18.4 Å². The van der Waals surface area contributed by atoms with Gasteiger partial charge in [0.05, 0.1) is 18.0 Å². The van der Waals surface area contributed by atoms with E-state index in [0.717, 1.165) is 11.1 Å². The van der Waals surface area contributed by atoms with Crippen molar-refractivity contribution in [1.29, 1.82) is 0 Å². The molecule has 0 bridgehead atoms. The van der Waals surface area contributed by atoms with E-state index in [4.69, 9.17) is 9.47 Å². The smallest absolute Gasteiger partial charge is 0.261 e. The summed E-state index contributed by atoms with van der Waals surface area (Å²) in [6.07, 6.45) is 0. The Labute approximate surface area is 188 Å². The van der Waals surface area contributed by atoms with Crippen LogP contribution in [0, 0.1) is 6.92 Å². The molecule has 0 aliphatic rings. The third-order valence-corrected chi connectivity index (χ3v) is 6.19. The fraction of sp³-hybridized carbons (Fsp3) is 0.208. The zero-order valence-corrected chi connectivity index (χ0v) is 19.0. The maximum absolute atomic E-state index is 12.5. The molecule has 1 unspecified atom stereocenters. The summed E-state index contributed by atoms with van der Waals surface area (Å²) in [5, 5.41) is 2.86. The van der Waals surface area contributed by atoms with Crippen LogP contribution in [0.2, 0.25) is 0 Å². The molecule has 0 saturated carbocycles. The summed E-state index contributed by atoms with van der Waals surface area (Å²) < 4.78 is 38.5. The van der Waals surface area contributed by atoms with Gasteiger partial charge in [-0.3, -0.25) is 9.52 Å². The number of sulfonamides is 1. The molecule has 0 aliphatic heterocycles. The van der Waals surface area contributed by atoms with Gasteiger partial charge < -0.3 is 14.8 Å². The summed E-state index contributed by atoms with van der Waals surface area (Å²) >= 11 is 0. The van der Waals surface area contributed by atoms with E-state index < -0.39 is 10.0 Å². The van der Waals surface area contributed by atoms with Crippen LogP contribution >= 0.6 is 0 Å². The predicted molar refractivity (Wildman–Crippen MR) is 123 cm³/mol. The largest absolute Gasteiger partial charge is 0.496 e. The normalized spacial score (nSPS) is 12.0. The lowest BCUT2D eigenvalue weighted by Gasteiger charge is -2.17. The van der Waals surface area contributed by atoms with Crippen molar-refractivity contribution in [2.24, 2.45) is 0 Å². The highest BCUT2D eigenvalue weighted by Gasteiger charge is 2.16. The quantitative estimate of drug-likeness (QED) is 0.509. The van der Waals surface area contributed by atoms with Crippen LogP contribution in [0.3, 0.4) is 0 Å². The minimum Gasteiger partial charge on any atom is -0.496 e. The number of amides is 1. The molecule has 0 aromatic heterocycles. The molecule has 0 radical (unpaired) electrons. The van der Waals surface area contributed by atoms with E-state index in [9.17, 15) is 13.2 Å². The van der Waals surface area contributed by atoms with Gasteiger partial charge >= 0.3 is 0 Å². The van der Waals surface area contributed by atoms with Crippen LogP contribution in [-0.4, -0.2) is 28.0 Å². The SMILES string of the molecule is COc1ccccc1C(C)NC(=O)COc1ccc(S(=O)(=O)Nc2ccc(C)cc2)cc1. The molecule has 7 nitrogen and oxygen atoms in total. The van der Waals surface area contributed by atoms with Gasteiger partial charge in [-0.15, -0.1) is 0 Å². The van der Waals surface area contributed by atoms with Crippen molar-refractivity contribution < 1.29 is 22.7 Å². The Morgan fingerprint density at radius 2 is 1.62 bits per heavy atom. The Balaban J connectivity index is 1.56. The standard InChI is InChI=1S/C24H26N2O5S/c1-17-8-10-19(11-9-17)26-32(28,29)21-14-12-20(13-15-21)31-16-24(27)25-18(2)22-6-4-5-7-23(22)30-3/h4-15,18,26H,16H2,1-3H3,(H,25,27). The van der Waals surface area contributed by atoms with Gasteiger partial charge in [0.2, 0.25) is 0 Å². The molecule has 3 aromatic carbocycles. The predicted octanol–water partition coefficient (Wildman–Crippen LogP) is 4.06. The second-order valence-electron chi connectivity index (χ2n) is 7.26. The van der Waals surface area contributed by atoms with E-state index in [1.165, 1.54) is 24.3 Å². The summed E-state index contributed by atoms with van der Waals surface area (Å²) in [6.45, 7) is 3.58. The molecule has 32 heavy (non-hydrogen) atoms. The Kier molecular flexibility index (Phi) is 7.37. The number of benzene rings is 3. The van der Waals surface area contributed by atoms with Gasteiger partial charge in [-0.1, -0.05) is 35.9 Å². The van der Waals surface area contributed by atoms with Gasteiger partial charge in [0.25, 0.3) is 15.9 Å². The number of aryl methyl sites for hydroxylation is 1. The van der Waals surface area contributed by atoms with Crippen LogP contribution in [0.5, 0.6) is 11.5 Å². The molecule has 8 heteroatoms. The highest BCUT2D eigenvalue weighted by Crippen LogP contribution is 2.24. The number of rotatable bonds is 9. The Hall–Kier alpha value is -3.52. The van der Waals surface area contributed by atoms with Crippen molar-refractivity contribution in [3.8, 4) is 11.5 Å². The lowest BCUT2D eigenvalue weighted by Crippen LogP contribution is -2.31. The molecule has 0 heterocycles. The molecule has 0 saturated heterocycles. The number of nitrogens with one attached hydrogen (secondary N) is 2. The van der Waals surface area contributed by atoms with Gasteiger partial charge in [-0.2, -0.15) is 0 Å². The lowest BCUT2D eigenvalue weighted by molar-refractivity contribution is -0.123. The topological polar surface area (TPSA) is 93.7 Å². The number of carbonyl (C=O) groups is 1. The van der Waals surface area contributed by atoms with Crippen LogP contribution in [0.1, 0.15) is 24.1 Å². The number of anilines is 1. The molecule has 168 valence electrons. The molecule has 0 fully saturated rings. The fourth-order valence-corrected chi connectivity index (χ4v) is 4.14. The van der Waals surface area contributed by atoms with Crippen molar-refractivity contribution in [2.45, 2.75) is 24.8 Å². The van der Waals surface area contributed by atoms with Crippen LogP contribution < -0.4 is 19.5 Å².